The van der Waals surface area contributed by atoms with Gasteiger partial charge in [0.15, 0.2) is 11.6 Å². The van der Waals surface area contributed by atoms with Crippen molar-refractivity contribution in [2.24, 2.45) is 0 Å². The molecule has 4 nitrogen and oxygen atoms in total. The highest BCUT2D eigenvalue weighted by atomic mass is 32.1. The summed E-state index contributed by atoms with van der Waals surface area (Å²) in [5, 5.41) is 12.1. The second-order valence-electron chi connectivity index (χ2n) is 4.60. The number of halogens is 2. The van der Waals surface area contributed by atoms with Crippen molar-refractivity contribution in [1.29, 1.82) is 0 Å². The van der Waals surface area contributed by atoms with Crippen LogP contribution in [0.1, 0.15) is 22.3 Å². The summed E-state index contributed by atoms with van der Waals surface area (Å²) in [5.41, 5.74) is 0.404. The lowest BCUT2D eigenvalue weighted by atomic mass is 10.1. The summed E-state index contributed by atoms with van der Waals surface area (Å²) in [6, 6.07) is 5.30. The fourth-order valence-electron chi connectivity index (χ4n) is 1.93. The maximum absolute atomic E-state index is 13.7. The summed E-state index contributed by atoms with van der Waals surface area (Å²) in [7, 11) is 0. The highest BCUT2D eigenvalue weighted by Crippen LogP contribution is 2.17. The molecule has 7 heteroatoms. The van der Waals surface area contributed by atoms with Crippen LogP contribution in [0, 0.1) is 11.6 Å². The van der Waals surface area contributed by atoms with Crippen molar-refractivity contribution in [3.8, 4) is 0 Å². The SMILES string of the molecule is O=C(O)CCN(Cc1cccc(F)c1F)C(=O)c1ccsc1. The Kier molecular flexibility index (Phi) is 5.21. The molecule has 0 aliphatic heterocycles. The Bertz CT molecular complexity index is 673. The topological polar surface area (TPSA) is 57.6 Å². The first-order valence-corrected chi connectivity index (χ1v) is 7.39. The van der Waals surface area contributed by atoms with Crippen molar-refractivity contribution >= 4 is 23.2 Å². The summed E-state index contributed by atoms with van der Waals surface area (Å²) in [5.74, 6) is -3.51. The van der Waals surface area contributed by atoms with Gasteiger partial charge in [-0.1, -0.05) is 12.1 Å². The van der Waals surface area contributed by atoms with Crippen LogP contribution in [-0.4, -0.2) is 28.4 Å². The monoisotopic (exact) mass is 325 g/mol. The van der Waals surface area contributed by atoms with Gasteiger partial charge in [-0.25, -0.2) is 8.78 Å². The Hall–Kier alpha value is -2.28. The Morgan fingerprint density at radius 1 is 1.23 bits per heavy atom. The molecule has 1 amide bonds. The minimum atomic E-state index is -1.07. The van der Waals surface area contributed by atoms with Crippen molar-refractivity contribution in [1.82, 2.24) is 4.90 Å². The summed E-state index contributed by atoms with van der Waals surface area (Å²) in [6.07, 6.45) is -0.271. The van der Waals surface area contributed by atoms with E-state index in [2.05, 4.69) is 0 Å². The highest BCUT2D eigenvalue weighted by molar-refractivity contribution is 7.08. The largest absolute Gasteiger partial charge is 0.481 e. The van der Waals surface area contributed by atoms with E-state index < -0.39 is 23.5 Å². The van der Waals surface area contributed by atoms with Gasteiger partial charge in [-0.05, 0) is 17.5 Å². The zero-order valence-corrected chi connectivity index (χ0v) is 12.3. The number of carbonyl (C=O) groups excluding carboxylic acids is 1. The summed E-state index contributed by atoms with van der Waals surface area (Å²) in [6.45, 7) is -0.272. The van der Waals surface area contributed by atoms with E-state index in [1.165, 1.54) is 28.4 Å². The maximum Gasteiger partial charge on any atom is 0.305 e. The van der Waals surface area contributed by atoms with E-state index in [4.69, 9.17) is 5.11 Å². The van der Waals surface area contributed by atoms with Crippen molar-refractivity contribution in [2.75, 3.05) is 6.54 Å². The number of carboxylic acid groups (broad SMARTS) is 1. The molecular weight excluding hydrogens is 312 g/mol. The minimum absolute atomic E-state index is 0.00830. The molecule has 0 fully saturated rings. The van der Waals surface area contributed by atoms with Crippen LogP contribution in [0.2, 0.25) is 0 Å². The molecule has 22 heavy (non-hydrogen) atoms. The first-order valence-electron chi connectivity index (χ1n) is 6.45. The molecule has 0 saturated carbocycles. The van der Waals surface area contributed by atoms with Crippen molar-refractivity contribution in [3.63, 3.8) is 0 Å². The van der Waals surface area contributed by atoms with Crippen molar-refractivity contribution < 1.29 is 23.5 Å². The van der Waals surface area contributed by atoms with E-state index in [1.54, 1.807) is 16.8 Å². The lowest BCUT2D eigenvalue weighted by Gasteiger charge is -2.22. The molecule has 0 aliphatic carbocycles. The Balaban J connectivity index is 2.22. The van der Waals surface area contributed by atoms with Gasteiger partial charge < -0.3 is 10.0 Å². The lowest BCUT2D eigenvalue weighted by Crippen LogP contribution is -2.32. The quantitative estimate of drug-likeness (QED) is 0.887. The van der Waals surface area contributed by atoms with Gasteiger partial charge >= 0.3 is 5.97 Å². The Morgan fingerprint density at radius 3 is 2.64 bits per heavy atom. The van der Waals surface area contributed by atoms with Crippen LogP contribution < -0.4 is 0 Å². The van der Waals surface area contributed by atoms with Crippen LogP contribution in [0.4, 0.5) is 8.78 Å². The smallest absolute Gasteiger partial charge is 0.305 e. The maximum atomic E-state index is 13.7. The second kappa shape index (κ2) is 7.13. The van der Waals surface area contributed by atoms with E-state index in [-0.39, 0.29) is 25.1 Å². The number of aliphatic carboxylic acids is 1. The number of benzene rings is 1. The normalized spacial score (nSPS) is 10.5. The van der Waals surface area contributed by atoms with Crippen LogP contribution in [-0.2, 0) is 11.3 Å². The van der Waals surface area contributed by atoms with Gasteiger partial charge in [0.05, 0.1) is 12.0 Å². The minimum Gasteiger partial charge on any atom is -0.481 e. The fourth-order valence-corrected chi connectivity index (χ4v) is 2.56. The van der Waals surface area contributed by atoms with Gasteiger partial charge in [0.25, 0.3) is 5.91 Å². The predicted octanol–water partition coefficient (Wildman–Crippen LogP) is 3.14. The number of hydrogen-bond donors (Lipinski definition) is 1. The van der Waals surface area contributed by atoms with E-state index in [0.717, 1.165) is 6.07 Å². The lowest BCUT2D eigenvalue weighted by molar-refractivity contribution is -0.137. The third-order valence-corrected chi connectivity index (χ3v) is 3.73. The molecule has 2 aromatic rings. The van der Waals surface area contributed by atoms with Crippen LogP contribution in [0.5, 0.6) is 0 Å². The number of carbonyl (C=O) groups is 2. The molecule has 0 spiro atoms. The number of carboxylic acids is 1. The van der Waals surface area contributed by atoms with Crippen LogP contribution >= 0.6 is 11.3 Å². The van der Waals surface area contributed by atoms with Crippen molar-refractivity contribution in [3.05, 3.63) is 57.8 Å². The second-order valence-corrected chi connectivity index (χ2v) is 5.38. The van der Waals surface area contributed by atoms with E-state index >= 15 is 0 Å². The van der Waals surface area contributed by atoms with Crippen molar-refractivity contribution in [2.45, 2.75) is 13.0 Å². The zero-order chi connectivity index (χ0) is 16.1. The van der Waals surface area contributed by atoms with Gasteiger partial charge in [0.2, 0.25) is 0 Å². The molecule has 1 heterocycles. The first kappa shape index (κ1) is 16.1. The third kappa shape index (κ3) is 3.88. The van der Waals surface area contributed by atoms with Crippen LogP contribution in [0.15, 0.2) is 35.0 Å². The van der Waals surface area contributed by atoms with E-state index in [9.17, 15) is 18.4 Å². The van der Waals surface area contributed by atoms with Gasteiger partial charge in [-0.2, -0.15) is 11.3 Å². The number of hydrogen-bond acceptors (Lipinski definition) is 3. The fraction of sp³-hybridized carbons (Fsp3) is 0.200. The van der Waals surface area contributed by atoms with E-state index in [0.29, 0.717) is 5.56 Å². The average molecular weight is 325 g/mol. The van der Waals surface area contributed by atoms with Gasteiger partial charge in [-0.3, -0.25) is 9.59 Å². The summed E-state index contributed by atoms with van der Waals surface area (Å²) < 4.78 is 27.0. The molecular formula is C15H13F2NO3S. The molecule has 0 bridgehead atoms. The third-order valence-electron chi connectivity index (χ3n) is 3.04. The number of rotatable bonds is 6. The van der Waals surface area contributed by atoms with Gasteiger partial charge in [0, 0.05) is 24.0 Å². The van der Waals surface area contributed by atoms with E-state index in [1.807, 2.05) is 0 Å². The molecule has 1 aromatic carbocycles. The average Bonchev–Trinajstić information content (AvgIpc) is 3.01. The Labute approximate surface area is 129 Å². The Morgan fingerprint density at radius 2 is 2.00 bits per heavy atom. The molecule has 0 radical (unpaired) electrons. The predicted molar refractivity (Wildman–Crippen MR) is 77.7 cm³/mol. The van der Waals surface area contributed by atoms with Gasteiger partial charge in [-0.15, -0.1) is 0 Å². The number of amides is 1. The summed E-state index contributed by atoms with van der Waals surface area (Å²) in [4.78, 5) is 24.3. The molecule has 2 rings (SSSR count). The van der Waals surface area contributed by atoms with Gasteiger partial charge in [0.1, 0.15) is 0 Å². The van der Waals surface area contributed by atoms with Crippen LogP contribution in [0.3, 0.4) is 0 Å². The van der Waals surface area contributed by atoms with Crippen LogP contribution in [0.25, 0.3) is 0 Å². The number of nitrogens with zero attached hydrogens (tertiary/aromatic N) is 1. The summed E-state index contributed by atoms with van der Waals surface area (Å²) >= 11 is 1.32. The first-order chi connectivity index (χ1) is 10.5. The molecule has 0 saturated heterocycles. The zero-order valence-electron chi connectivity index (χ0n) is 11.5. The molecule has 0 atom stereocenters. The standard InChI is InChI=1S/C15H13F2NO3S/c16-12-3-1-2-10(14(12)17)8-18(6-4-13(19)20)15(21)11-5-7-22-9-11/h1-3,5,7,9H,4,6,8H2,(H,19,20). The molecule has 1 aromatic heterocycles. The molecule has 0 unspecified atom stereocenters. The molecule has 1 N–H and O–H groups in total. The molecule has 116 valence electrons. The molecule has 0 aliphatic rings. The number of thiophene rings is 1. The highest BCUT2D eigenvalue weighted by Gasteiger charge is 2.20.